The maximum Gasteiger partial charge on any atom is 0.276 e. The van der Waals surface area contributed by atoms with E-state index in [4.69, 9.17) is 15.9 Å². The minimum atomic E-state index is -0.566. The second-order valence-corrected chi connectivity index (χ2v) is 7.85. The molecule has 0 radical (unpaired) electrons. The number of fused-ring (bicyclic) bond motifs is 1. The molecule has 1 aliphatic rings. The Labute approximate surface area is 174 Å². The molecule has 1 saturated carbocycles. The zero-order chi connectivity index (χ0) is 20.7. The third-order valence-corrected chi connectivity index (χ3v) is 6.01. The van der Waals surface area contributed by atoms with E-state index in [9.17, 15) is 4.79 Å². The molecule has 0 saturated heterocycles. The van der Waals surface area contributed by atoms with Crippen molar-refractivity contribution in [1.82, 2.24) is 14.9 Å². The number of amides is 1. The molecular weight excluding hydrogens is 376 g/mol. The molecule has 6 nitrogen and oxygen atoms in total. The van der Waals surface area contributed by atoms with Crippen LogP contribution in [0.3, 0.4) is 0 Å². The second kappa shape index (κ2) is 7.09. The smallest absolute Gasteiger partial charge is 0.276 e. The third-order valence-electron chi connectivity index (χ3n) is 6.01. The number of nitrogens with two attached hydrogens (primary N) is 1. The summed E-state index contributed by atoms with van der Waals surface area (Å²) in [5, 5.41) is 9.01. The summed E-state index contributed by atoms with van der Waals surface area (Å²) in [6.45, 7) is 0. The van der Waals surface area contributed by atoms with Gasteiger partial charge >= 0.3 is 0 Å². The van der Waals surface area contributed by atoms with Gasteiger partial charge in [0.1, 0.15) is 5.65 Å². The lowest BCUT2D eigenvalue weighted by Crippen LogP contribution is -2.43. The number of rotatable bonds is 4. The molecule has 0 spiro atoms. The maximum atomic E-state index is 11.9. The summed E-state index contributed by atoms with van der Waals surface area (Å²) in [7, 11) is 0. The zero-order valence-electron chi connectivity index (χ0n) is 16.4. The minimum Gasteiger partial charge on any atom is -0.321 e. The van der Waals surface area contributed by atoms with Crippen molar-refractivity contribution in [2.75, 3.05) is 0 Å². The number of pyridine rings is 1. The minimum absolute atomic E-state index is 0.202. The van der Waals surface area contributed by atoms with Gasteiger partial charge in [-0.05, 0) is 37.0 Å². The molecule has 30 heavy (non-hydrogen) atoms. The summed E-state index contributed by atoms with van der Waals surface area (Å²) in [5.41, 5.74) is 13.9. The first-order valence-electron chi connectivity index (χ1n) is 10.0. The molecule has 2 aromatic heterocycles. The molecule has 1 aliphatic carbocycles. The van der Waals surface area contributed by atoms with Crippen molar-refractivity contribution < 1.29 is 10.0 Å². The largest absolute Gasteiger partial charge is 0.321 e. The number of hydrogen-bond donors (Lipinski definition) is 3. The predicted molar refractivity (Wildman–Crippen MR) is 115 cm³/mol. The number of carbonyl (C=O) groups excluding carboxylic acids is 1. The Kier molecular flexibility index (Phi) is 4.38. The highest BCUT2D eigenvalue weighted by molar-refractivity contribution is 5.94. The zero-order valence-corrected chi connectivity index (χ0v) is 16.4. The molecule has 0 bridgehead atoms. The van der Waals surface area contributed by atoms with Crippen LogP contribution in [-0.4, -0.2) is 20.5 Å². The molecule has 1 amide bonds. The Morgan fingerprint density at radius 1 is 1.00 bits per heavy atom. The van der Waals surface area contributed by atoms with Gasteiger partial charge in [-0.2, -0.15) is 0 Å². The lowest BCUT2D eigenvalue weighted by molar-refractivity contribution is 0.0706. The van der Waals surface area contributed by atoms with Crippen molar-refractivity contribution in [3.63, 3.8) is 0 Å². The Morgan fingerprint density at radius 3 is 2.37 bits per heavy atom. The van der Waals surface area contributed by atoms with E-state index in [2.05, 4.69) is 24.3 Å². The molecule has 5 rings (SSSR count). The fourth-order valence-corrected chi connectivity index (χ4v) is 4.12. The average Bonchev–Trinajstić information content (AvgIpc) is 3.16. The molecule has 1 fully saturated rings. The molecule has 0 atom stereocenters. The van der Waals surface area contributed by atoms with Gasteiger partial charge in [0.2, 0.25) is 0 Å². The number of hydrogen-bond acceptors (Lipinski definition) is 4. The van der Waals surface area contributed by atoms with Crippen molar-refractivity contribution >= 4 is 11.6 Å². The van der Waals surface area contributed by atoms with Gasteiger partial charge in [-0.15, -0.1) is 0 Å². The van der Waals surface area contributed by atoms with Gasteiger partial charge in [0, 0.05) is 22.9 Å². The van der Waals surface area contributed by atoms with Crippen LogP contribution in [0.4, 0.5) is 0 Å². The Morgan fingerprint density at radius 2 is 1.73 bits per heavy atom. The van der Waals surface area contributed by atoms with Gasteiger partial charge in [0.05, 0.1) is 17.0 Å². The highest BCUT2D eigenvalue weighted by Crippen LogP contribution is 2.40. The van der Waals surface area contributed by atoms with E-state index in [1.807, 2.05) is 34.7 Å². The molecule has 4 aromatic rings. The van der Waals surface area contributed by atoms with Crippen LogP contribution in [0.5, 0.6) is 0 Å². The highest BCUT2D eigenvalue weighted by Gasteiger charge is 2.34. The average molecular weight is 398 g/mol. The van der Waals surface area contributed by atoms with E-state index in [1.54, 1.807) is 23.8 Å². The maximum absolute atomic E-state index is 11.9. The quantitative estimate of drug-likeness (QED) is 0.356. The second-order valence-electron chi connectivity index (χ2n) is 7.85. The van der Waals surface area contributed by atoms with Gasteiger partial charge < -0.3 is 5.73 Å². The summed E-state index contributed by atoms with van der Waals surface area (Å²) in [6, 6.07) is 21.7. The number of hydroxylamine groups is 1. The number of carbonyl (C=O) groups is 1. The molecule has 4 N–H and O–H groups in total. The summed E-state index contributed by atoms with van der Waals surface area (Å²) in [5.74, 6) is -0.566. The lowest BCUT2D eigenvalue weighted by atomic mass is 9.72. The lowest BCUT2D eigenvalue weighted by Gasteiger charge is -2.38. The van der Waals surface area contributed by atoms with E-state index in [-0.39, 0.29) is 5.54 Å². The first-order chi connectivity index (χ1) is 14.6. The summed E-state index contributed by atoms with van der Waals surface area (Å²) in [6.07, 6.45) is 4.90. The Hall–Kier alpha value is -3.48. The topological polar surface area (TPSA) is 92.6 Å². The van der Waals surface area contributed by atoms with Crippen molar-refractivity contribution in [2.24, 2.45) is 5.73 Å². The van der Waals surface area contributed by atoms with Crippen LogP contribution in [0, 0.1) is 0 Å². The monoisotopic (exact) mass is 398 g/mol. The summed E-state index contributed by atoms with van der Waals surface area (Å²) < 4.78 is 1.89. The van der Waals surface area contributed by atoms with E-state index in [0.717, 1.165) is 46.6 Å². The standard InChI is InChI=1S/C24H22N4O2/c25-24(13-4-14-24)19-10-7-16(8-11-19)21-22(17-5-2-1-3-6-17)28-15-18(23(29)27-30)9-12-20(28)26-21/h1-3,5-12,15,30H,4,13-14,25H2,(H,27,29). The van der Waals surface area contributed by atoms with Crippen LogP contribution in [0.15, 0.2) is 72.9 Å². The summed E-state index contributed by atoms with van der Waals surface area (Å²) in [4.78, 5) is 16.8. The first kappa shape index (κ1) is 18.5. The number of aromatic nitrogens is 2. The fourth-order valence-electron chi connectivity index (χ4n) is 4.12. The van der Waals surface area contributed by atoms with Gasteiger partial charge in [-0.25, -0.2) is 10.5 Å². The number of nitrogens with zero attached hydrogens (tertiary/aromatic N) is 2. The third kappa shape index (κ3) is 2.98. The van der Waals surface area contributed by atoms with Crippen LogP contribution >= 0.6 is 0 Å². The predicted octanol–water partition coefficient (Wildman–Crippen LogP) is 4.13. The van der Waals surface area contributed by atoms with Crippen molar-refractivity contribution in [1.29, 1.82) is 0 Å². The van der Waals surface area contributed by atoms with Gasteiger partial charge in [0.25, 0.3) is 5.91 Å². The van der Waals surface area contributed by atoms with Crippen LogP contribution in [0.25, 0.3) is 28.2 Å². The van der Waals surface area contributed by atoms with E-state index < -0.39 is 5.91 Å². The molecular formula is C24H22N4O2. The summed E-state index contributed by atoms with van der Waals surface area (Å²) >= 11 is 0. The Bertz CT molecular complexity index is 1230. The van der Waals surface area contributed by atoms with Crippen molar-refractivity contribution in [3.8, 4) is 22.5 Å². The van der Waals surface area contributed by atoms with E-state index >= 15 is 0 Å². The van der Waals surface area contributed by atoms with Gasteiger partial charge in [0.15, 0.2) is 0 Å². The van der Waals surface area contributed by atoms with Crippen LogP contribution < -0.4 is 11.2 Å². The number of imidazole rings is 1. The molecule has 0 aliphatic heterocycles. The molecule has 6 heteroatoms. The Balaban J connectivity index is 1.68. The normalized spacial score (nSPS) is 15.0. The molecule has 150 valence electrons. The fraction of sp³-hybridized carbons (Fsp3) is 0.167. The first-order valence-corrected chi connectivity index (χ1v) is 10.0. The van der Waals surface area contributed by atoms with Crippen LogP contribution in [0.1, 0.15) is 35.2 Å². The van der Waals surface area contributed by atoms with E-state index in [1.165, 1.54) is 6.42 Å². The number of benzene rings is 2. The molecule has 2 heterocycles. The van der Waals surface area contributed by atoms with Crippen LogP contribution in [-0.2, 0) is 5.54 Å². The highest BCUT2D eigenvalue weighted by atomic mass is 16.5. The SMILES string of the molecule is NC1(c2ccc(-c3nc4ccc(C(=O)NO)cn4c3-c3ccccc3)cc2)CCC1. The van der Waals surface area contributed by atoms with E-state index in [0.29, 0.717) is 5.56 Å². The van der Waals surface area contributed by atoms with Crippen molar-refractivity contribution in [2.45, 2.75) is 24.8 Å². The molecule has 0 unspecified atom stereocenters. The molecule has 2 aromatic carbocycles. The van der Waals surface area contributed by atoms with Gasteiger partial charge in [-0.3, -0.25) is 14.4 Å². The number of nitrogens with one attached hydrogen (secondary N) is 1. The van der Waals surface area contributed by atoms with Crippen LogP contribution in [0.2, 0.25) is 0 Å². The van der Waals surface area contributed by atoms with Crippen molar-refractivity contribution in [3.05, 3.63) is 84.1 Å². The van der Waals surface area contributed by atoms with Gasteiger partial charge in [-0.1, -0.05) is 54.6 Å².